The molecule has 1 saturated heterocycles. The predicted octanol–water partition coefficient (Wildman–Crippen LogP) is 6.04. The van der Waals surface area contributed by atoms with Crippen LogP contribution in [-0.2, 0) is 21.7 Å². The fourth-order valence-corrected chi connectivity index (χ4v) is 6.43. The first-order chi connectivity index (χ1) is 22.6. The lowest BCUT2D eigenvalue weighted by Gasteiger charge is -2.28. The van der Waals surface area contributed by atoms with Crippen molar-refractivity contribution in [3.63, 3.8) is 0 Å². The van der Waals surface area contributed by atoms with Crippen LogP contribution in [0.3, 0.4) is 0 Å². The Hall–Kier alpha value is -4.34. The number of aryl methyl sites for hydroxylation is 1. The molecule has 9 nitrogen and oxygen atoms in total. The zero-order chi connectivity index (χ0) is 33.6. The van der Waals surface area contributed by atoms with Gasteiger partial charge in [0.05, 0.1) is 23.9 Å². The van der Waals surface area contributed by atoms with Crippen molar-refractivity contribution in [1.82, 2.24) is 15.0 Å². The average Bonchev–Trinajstić information content (AvgIpc) is 3.76. The third kappa shape index (κ3) is 7.47. The first-order valence-electron chi connectivity index (χ1n) is 16.6. The molecule has 2 N–H and O–H groups in total. The lowest BCUT2D eigenvalue weighted by Crippen LogP contribution is -2.44. The Morgan fingerprint density at radius 1 is 1.06 bits per heavy atom. The van der Waals surface area contributed by atoms with E-state index < -0.39 is 11.5 Å². The fourth-order valence-electron chi connectivity index (χ4n) is 6.43. The second-order valence-corrected chi connectivity index (χ2v) is 13.0. The number of allylic oxidation sites excluding steroid dienone is 4. The number of fused-ring (bicyclic) bond motifs is 1. The molecule has 1 aromatic heterocycles. The summed E-state index contributed by atoms with van der Waals surface area (Å²) >= 11 is 0. The minimum atomic E-state index is -1.78. The maximum atomic E-state index is 14.1. The van der Waals surface area contributed by atoms with Crippen LogP contribution in [0, 0.1) is 5.92 Å². The number of nitrogens with zero attached hydrogens (tertiary/aromatic N) is 5. The van der Waals surface area contributed by atoms with Gasteiger partial charge in [0, 0.05) is 49.4 Å². The van der Waals surface area contributed by atoms with E-state index >= 15 is 0 Å². The molecule has 0 aliphatic carbocycles. The number of anilines is 2. The largest absolute Gasteiger partial charge is 0.395 e. The van der Waals surface area contributed by atoms with E-state index in [2.05, 4.69) is 43.2 Å². The molecule has 47 heavy (non-hydrogen) atoms. The summed E-state index contributed by atoms with van der Waals surface area (Å²) < 4.78 is 1.74. The summed E-state index contributed by atoms with van der Waals surface area (Å²) in [7, 11) is 0. The van der Waals surface area contributed by atoms with Crippen LogP contribution in [0.2, 0.25) is 0 Å². The van der Waals surface area contributed by atoms with Gasteiger partial charge >= 0.3 is 0 Å². The van der Waals surface area contributed by atoms with Gasteiger partial charge in [0.25, 0.3) is 5.91 Å². The lowest BCUT2D eigenvalue weighted by molar-refractivity contribution is -0.139. The first kappa shape index (κ1) is 34.0. The number of rotatable bonds is 14. The second-order valence-electron chi connectivity index (χ2n) is 13.0. The molecule has 2 aliphatic rings. The van der Waals surface area contributed by atoms with Crippen LogP contribution in [0.25, 0.3) is 0 Å². The number of benzene rings is 2. The molecule has 3 aromatic rings. The highest BCUT2D eigenvalue weighted by atomic mass is 16.3. The number of aliphatic hydroxyl groups excluding tert-OH is 1. The molecule has 248 valence electrons. The fraction of sp³-hybridized carbons (Fsp3) is 0.421. The Morgan fingerprint density at radius 3 is 2.55 bits per heavy atom. The molecule has 0 spiro atoms. The highest BCUT2D eigenvalue weighted by Crippen LogP contribution is 2.47. The van der Waals surface area contributed by atoms with Gasteiger partial charge in [-0.25, -0.2) is 0 Å². The summed E-state index contributed by atoms with van der Waals surface area (Å²) in [4.78, 5) is 30.1. The molecule has 1 unspecified atom stereocenters. The van der Waals surface area contributed by atoms with E-state index in [4.69, 9.17) is 0 Å². The van der Waals surface area contributed by atoms with Gasteiger partial charge in [-0.3, -0.25) is 14.3 Å². The molecule has 2 aliphatic heterocycles. The molecule has 0 radical (unpaired) electrons. The van der Waals surface area contributed by atoms with E-state index in [-0.39, 0.29) is 24.3 Å². The van der Waals surface area contributed by atoms with Crippen molar-refractivity contribution in [3.8, 4) is 0 Å². The molecule has 0 bridgehead atoms. The van der Waals surface area contributed by atoms with Crippen molar-refractivity contribution >= 4 is 23.2 Å². The van der Waals surface area contributed by atoms with Gasteiger partial charge in [-0.2, -0.15) is 0 Å². The highest BCUT2D eigenvalue weighted by Gasteiger charge is 2.52. The first-order valence-corrected chi connectivity index (χ1v) is 16.6. The number of aromatic nitrogens is 3. The summed E-state index contributed by atoms with van der Waals surface area (Å²) in [5, 5.41) is 30.8. The van der Waals surface area contributed by atoms with Gasteiger partial charge in [0.2, 0.25) is 5.91 Å². The van der Waals surface area contributed by atoms with Crippen LogP contribution in [0.4, 0.5) is 11.4 Å². The van der Waals surface area contributed by atoms with E-state index in [1.165, 1.54) is 11.1 Å². The number of amides is 2. The van der Waals surface area contributed by atoms with Crippen molar-refractivity contribution in [1.29, 1.82) is 0 Å². The van der Waals surface area contributed by atoms with Crippen LogP contribution in [-0.4, -0.2) is 56.7 Å². The Balaban J connectivity index is 1.32. The number of carbonyl (C=O) groups excluding carboxylic acids is 2. The van der Waals surface area contributed by atoms with Crippen LogP contribution < -0.4 is 9.80 Å². The third-order valence-corrected chi connectivity index (χ3v) is 9.26. The maximum Gasteiger partial charge on any atom is 0.264 e. The molecule has 9 heteroatoms. The van der Waals surface area contributed by atoms with Crippen LogP contribution in [0.5, 0.6) is 0 Å². The topological polar surface area (TPSA) is 112 Å². The summed E-state index contributed by atoms with van der Waals surface area (Å²) in [5.41, 5.74) is 4.28. The number of aliphatic hydroxyl groups is 2. The molecule has 0 saturated carbocycles. The van der Waals surface area contributed by atoms with Crippen LogP contribution in [0.1, 0.15) is 82.5 Å². The number of carbonyl (C=O) groups is 2. The molecule has 2 aromatic carbocycles. The molecular formula is C38H47N5O4. The standard InChI is InChI=1S/C38H47N5O4/c1-27(2)12-10-13-28(3)20-23-43-35-19-18-31(42-22-11-17-36(42)45)24-33(35)38(47,37(43)46)29(4)14-8-9-21-41-25-34(39-40-41)32(26-44)30-15-6-5-7-16-30/h5-8,12,14-16,18-20,24-25,29,32,44,47H,9-11,13,17,21-23,26H2,1-4H3/b14-8+,28-20+/t29-,32?,38+/m0/s1. The predicted molar refractivity (Wildman–Crippen MR) is 185 cm³/mol. The van der Waals surface area contributed by atoms with Crippen molar-refractivity contribution in [2.24, 2.45) is 5.92 Å². The van der Waals surface area contributed by atoms with Crippen molar-refractivity contribution in [2.75, 3.05) is 29.5 Å². The summed E-state index contributed by atoms with van der Waals surface area (Å²) in [6, 6.07) is 15.3. The van der Waals surface area contributed by atoms with Crippen molar-refractivity contribution in [3.05, 3.63) is 107 Å². The molecule has 1 fully saturated rings. The van der Waals surface area contributed by atoms with Gasteiger partial charge in [-0.1, -0.05) is 77.9 Å². The summed E-state index contributed by atoms with van der Waals surface area (Å²) in [6.07, 6.45) is 13.7. The molecule has 3 atom stereocenters. The number of hydrogen-bond acceptors (Lipinski definition) is 6. The molecular weight excluding hydrogens is 590 g/mol. The van der Waals surface area contributed by atoms with E-state index in [0.717, 1.165) is 24.8 Å². The van der Waals surface area contributed by atoms with Crippen LogP contribution in [0.15, 0.2) is 90.2 Å². The molecule has 2 amide bonds. The quantitative estimate of drug-likeness (QED) is 0.209. The Morgan fingerprint density at radius 2 is 1.85 bits per heavy atom. The van der Waals surface area contributed by atoms with Crippen molar-refractivity contribution in [2.45, 2.75) is 77.9 Å². The van der Waals surface area contributed by atoms with Gasteiger partial charge in [0.15, 0.2) is 5.60 Å². The summed E-state index contributed by atoms with van der Waals surface area (Å²) in [5.74, 6) is -1.08. The molecule has 5 rings (SSSR count). The van der Waals surface area contributed by atoms with E-state index in [1.54, 1.807) is 14.5 Å². The smallest absolute Gasteiger partial charge is 0.264 e. The van der Waals surface area contributed by atoms with Gasteiger partial charge < -0.3 is 20.0 Å². The monoisotopic (exact) mass is 637 g/mol. The maximum absolute atomic E-state index is 14.1. The highest BCUT2D eigenvalue weighted by molar-refractivity contribution is 6.08. The van der Waals surface area contributed by atoms with Gasteiger partial charge in [-0.15, -0.1) is 5.10 Å². The zero-order valence-corrected chi connectivity index (χ0v) is 28.0. The number of hydrogen-bond donors (Lipinski definition) is 2. The zero-order valence-electron chi connectivity index (χ0n) is 28.0. The molecule has 3 heterocycles. The van der Waals surface area contributed by atoms with Gasteiger partial charge in [0.1, 0.15) is 0 Å². The SMILES string of the molecule is CC(C)=CCC/C(C)=C/CN1C(=O)[C@@](O)([C@@H](C)/C=C/CCn2cc(C(CO)c3ccccc3)nn2)c2cc(N3CCCC3=O)ccc21. The van der Waals surface area contributed by atoms with E-state index in [9.17, 15) is 19.8 Å². The normalized spacial score (nSPS) is 19.5. The average molecular weight is 638 g/mol. The van der Waals surface area contributed by atoms with E-state index in [0.29, 0.717) is 55.1 Å². The third-order valence-electron chi connectivity index (χ3n) is 9.26. The summed E-state index contributed by atoms with van der Waals surface area (Å²) in [6.45, 7) is 9.58. The Labute approximate surface area is 277 Å². The lowest BCUT2D eigenvalue weighted by atomic mass is 9.82. The van der Waals surface area contributed by atoms with Crippen molar-refractivity contribution < 1.29 is 19.8 Å². The Kier molecular flexibility index (Phi) is 10.9. The Bertz CT molecular complexity index is 1660. The minimum absolute atomic E-state index is 0.0582. The minimum Gasteiger partial charge on any atom is -0.395 e. The second kappa shape index (κ2) is 15.0. The van der Waals surface area contributed by atoms with Crippen LogP contribution >= 0.6 is 0 Å². The van der Waals surface area contributed by atoms with E-state index in [1.807, 2.05) is 73.8 Å². The van der Waals surface area contributed by atoms with Gasteiger partial charge in [-0.05, 0) is 70.2 Å².